The Morgan fingerprint density at radius 1 is 1.17 bits per heavy atom. The van der Waals surface area contributed by atoms with Gasteiger partial charge in [0.1, 0.15) is 0 Å². The summed E-state index contributed by atoms with van der Waals surface area (Å²) >= 11 is 7.78. The van der Waals surface area contributed by atoms with Crippen molar-refractivity contribution in [2.24, 2.45) is 0 Å². The van der Waals surface area contributed by atoms with Crippen molar-refractivity contribution in [3.8, 4) is 0 Å². The molecule has 1 aromatic carbocycles. The average molecular weight is 379 g/mol. The van der Waals surface area contributed by atoms with E-state index in [1.165, 1.54) is 0 Å². The van der Waals surface area contributed by atoms with E-state index in [2.05, 4.69) is 47.8 Å². The summed E-state index contributed by atoms with van der Waals surface area (Å²) in [7, 11) is 0. The summed E-state index contributed by atoms with van der Waals surface area (Å²) in [5.74, 6) is 0. The molecule has 0 heterocycles. The molecule has 0 fully saturated rings. The molecule has 12 heavy (non-hydrogen) atoms. The van der Waals surface area contributed by atoms with Crippen molar-refractivity contribution in [1.29, 1.82) is 0 Å². The summed E-state index contributed by atoms with van der Waals surface area (Å²) in [5, 5.41) is 0. The highest BCUT2D eigenvalue weighted by Gasteiger charge is 2.10. The summed E-state index contributed by atoms with van der Waals surface area (Å²) in [6.07, 6.45) is 0. The van der Waals surface area contributed by atoms with Crippen LogP contribution in [-0.4, -0.2) is 8.76 Å². The summed E-state index contributed by atoms with van der Waals surface area (Å²) in [6.45, 7) is 0. The van der Waals surface area contributed by atoms with Gasteiger partial charge in [0.25, 0.3) is 0 Å². The lowest BCUT2D eigenvalue weighted by Gasteiger charge is -2.03. The van der Waals surface area contributed by atoms with E-state index in [0.717, 1.165) is 8.95 Å². The second-order valence-corrected chi connectivity index (χ2v) is 5.30. The van der Waals surface area contributed by atoms with Crippen LogP contribution in [0.2, 0.25) is 0 Å². The van der Waals surface area contributed by atoms with E-state index in [-0.39, 0.29) is 0 Å². The van der Waals surface area contributed by atoms with Gasteiger partial charge in [-0.1, -0.05) is 0 Å². The smallest absolute Gasteiger partial charge is 0.187 e. The zero-order valence-corrected chi connectivity index (χ0v) is 11.1. The van der Waals surface area contributed by atoms with Crippen LogP contribution in [0.5, 0.6) is 0 Å². The van der Waals surface area contributed by atoms with Gasteiger partial charge in [-0.2, -0.15) is 0 Å². The molecule has 1 rings (SSSR count). The number of halogens is 3. The van der Waals surface area contributed by atoms with E-state index in [4.69, 9.17) is 4.55 Å². The lowest BCUT2D eigenvalue weighted by Crippen LogP contribution is -1.90. The Morgan fingerprint density at radius 3 is 2.25 bits per heavy atom. The molecule has 2 nitrogen and oxygen atoms in total. The molecule has 66 valence electrons. The van der Waals surface area contributed by atoms with E-state index < -0.39 is 11.1 Å². The van der Waals surface area contributed by atoms with Gasteiger partial charge in [-0.3, -0.25) is 0 Å². The van der Waals surface area contributed by atoms with Crippen LogP contribution in [0.1, 0.15) is 0 Å². The molecule has 0 aliphatic carbocycles. The zero-order valence-electron chi connectivity index (χ0n) is 5.55. The first-order valence-electron chi connectivity index (χ1n) is 2.78. The molecule has 0 spiro atoms. The summed E-state index contributed by atoms with van der Waals surface area (Å²) in [4.78, 5) is 0.352. The van der Waals surface area contributed by atoms with Gasteiger partial charge in [0, 0.05) is 8.95 Å². The van der Waals surface area contributed by atoms with Crippen LogP contribution in [0.15, 0.2) is 30.4 Å². The van der Waals surface area contributed by atoms with Crippen molar-refractivity contribution in [3.63, 3.8) is 0 Å². The summed E-state index contributed by atoms with van der Waals surface area (Å²) in [5.41, 5.74) is 0. The van der Waals surface area contributed by atoms with Gasteiger partial charge < -0.3 is 4.55 Å². The maximum absolute atomic E-state index is 10.7. The van der Waals surface area contributed by atoms with Crippen LogP contribution in [0.4, 0.5) is 0 Å². The summed E-state index contributed by atoms with van der Waals surface area (Å²) in [6, 6.07) is 3.29. The van der Waals surface area contributed by atoms with E-state index in [1.807, 2.05) is 0 Å². The molecular weight excluding hydrogens is 376 g/mol. The topological polar surface area (TPSA) is 37.3 Å². The number of benzene rings is 1. The third kappa shape index (κ3) is 2.17. The highest BCUT2D eigenvalue weighted by atomic mass is 79.9. The molecule has 1 N–H and O–H groups in total. The molecule has 6 heteroatoms. The highest BCUT2D eigenvalue weighted by molar-refractivity contribution is 9.14. The molecule has 0 radical (unpaired) electrons. The number of hydrogen-bond donors (Lipinski definition) is 1. The number of rotatable bonds is 1. The Bertz CT molecular complexity index is 340. The SMILES string of the molecule is O=S(O)c1ccc(Br)c(Br)c1Br. The van der Waals surface area contributed by atoms with Crippen molar-refractivity contribution in [2.75, 3.05) is 0 Å². The third-order valence-corrected chi connectivity index (χ3v) is 5.54. The Hall–Kier alpha value is 0.770. The third-order valence-electron chi connectivity index (χ3n) is 1.19. The van der Waals surface area contributed by atoms with Crippen molar-refractivity contribution in [2.45, 2.75) is 4.90 Å². The molecule has 0 amide bonds. The minimum atomic E-state index is -1.96. The summed E-state index contributed by atoms with van der Waals surface area (Å²) < 4.78 is 21.7. The maximum atomic E-state index is 10.7. The van der Waals surface area contributed by atoms with Crippen molar-refractivity contribution >= 4 is 58.9 Å². The average Bonchev–Trinajstić information content (AvgIpc) is 2.00. The molecular formula is C6H3Br3O2S. The molecule has 1 unspecified atom stereocenters. The lowest BCUT2D eigenvalue weighted by atomic mass is 10.4. The van der Waals surface area contributed by atoms with E-state index in [0.29, 0.717) is 9.37 Å². The Morgan fingerprint density at radius 2 is 1.75 bits per heavy atom. The van der Waals surface area contributed by atoms with Gasteiger partial charge in [-0.25, -0.2) is 4.21 Å². The molecule has 0 saturated heterocycles. The monoisotopic (exact) mass is 376 g/mol. The van der Waals surface area contributed by atoms with E-state index in [9.17, 15) is 4.21 Å². The van der Waals surface area contributed by atoms with Crippen molar-refractivity contribution in [1.82, 2.24) is 0 Å². The minimum Gasteiger partial charge on any atom is -0.302 e. The fourth-order valence-corrected chi connectivity index (χ4v) is 2.92. The largest absolute Gasteiger partial charge is 0.302 e. The van der Waals surface area contributed by atoms with Gasteiger partial charge in [-0.15, -0.1) is 0 Å². The molecule has 0 aromatic heterocycles. The molecule has 1 aromatic rings. The van der Waals surface area contributed by atoms with Crippen LogP contribution < -0.4 is 0 Å². The Balaban J connectivity index is 3.36. The second kappa shape index (κ2) is 4.32. The zero-order chi connectivity index (χ0) is 9.30. The standard InChI is InChI=1S/C6H3Br3O2S/c7-3-1-2-4(12(10)11)6(9)5(3)8/h1-2H,(H,10,11). The van der Waals surface area contributed by atoms with Crippen LogP contribution in [-0.2, 0) is 11.1 Å². The number of hydrogen-bond acceptors (Lipinski definition) is 1. The van der Waals surface area contributed by atoms with Gasteiger partial charge >= 0.3 is 0 Å². The van der Waals surface area contributed by atoms with Gasteiger partial charge in [0.2, 0.25) is 0 Å². The predicted octanol–water partition coefficient (Wildman–Crippen LogP) is 3.55. The first-order valence-corrected chi connectivity index (χ1v) is 6.27. The fourth-order valence-electron chi connectivity index (χ4n) is 0.643. The van der Waals surface area contributed by atoms with Gasteiger partial charge in [-0.05, 0) is 59.9 Å². The van der Waals surface area contributed by atoms with Gasteiger partial charge in [0.05, 0.1) is 9.37 Å². The Labute approximate surface area is 97.4 Å². The van der Waals surface area contributed by atoms with Crippen LogP contribution in [0.3, 0.4) is 0 Å². The van der Waals surface area contributed by atoms with E-state index >= 15 is 0 Å². The first kappa shape index (κ1) is 10.8. The van der Waals surface area contributed by atoms with Crippen LogP contribution in [0.25, 0.3) is 0 Å². The molecule has 1 atom stereocenters. The second-order valence-electron chi connectivity index (χ2n) is 1.92. The first-order chi connectivity index (χ1) is 5.54. The fraction of sp³-hybridized carbons (Fsp3) is 0. The normalized spacial score (nSPS) is 13.0. The highest BCUT2D eigenvalue weighted by Crippen LogP contribution is 2.34. The van der Waals surface area contributed by atoms with Crippen LogP contribution >= 0.6 is 47.8 Å². The van der Waals surface area contributed by atoms with Gasteiger partial charge in [0.15, 0.2) is 11.1 Å². The van der Waals surface area contributed by atoms with Crippen molar-refractivity contribution in [3.05, 3.63) is 25.6 Å². The Kier molecular flexibility index (Phi) is 3.91. The van der Waals surface area contributed by atoms with Crippen LogP contribution in [0, 0.1) is 0 Å². The van der Waals surface area contributed by atoms with E-state index in [1.54, 1.807) is 12.1 Å². The predicted molar refractivity (Wildman–Crippen MR) is 58.6 cm³/mol. The van der Waals surface area contributed by atoms with Crippen molar-refractivity contribution < 1.29 is 8.76 Å². The maximum Gasteiger partial charge on any atom is 0.187 e. The molecule has 0 aliphatic heterocycles. The molecule has 0 bridgehead atoms. The molecule has 0 saturated carbocycles. The molecule has 0 aliphatic rings. The quantitative estimate of drug-likeness (QED) is 0.599. The lowest BCUT2D eigenvalue weighted by molar-refractivity contribution is 0.564. The minimum absolute atomic E-state index is 0.352.